The third-order valence-corrected chi connectivity index (χ3v) is 3.60. The van der Waals surface area contributed by atoms with E-state index in [1.54, 1.807) is 13.2 Å². The molecule has 0 spiro atoms. The second kappa shape index (κ2) is 5.69. The summed E-state index contributed by atoms with van der Waals surface area (Å²) in [7, 11) is 1.78. The molecule has 1 aliphatic rings. The molecule has 5 heteroatoms. The van der Waals surface area contributed by atoms with Gasteiger partial charge in [0.1, 0.15) is 5.82 Å². The van der Waals surface area contributed by atoms with Crippen LogP contribution in [0, 0.1) is 5.92 Å². The van der Waals surface area contributed by atoms with Crippen molar-refractivity contribution in [2.45, 2.75) is 19.8 Å². The summed E-state index contributed by atoms with van der Waals surface area (Å²) in [5, 5.41) is 2.97. The van der Waals surface area contributed by atoms with Gasteiger partial charge in [0.15, 0.2) is 0 Å². The lowest BCUT2D eigenvalue weighted by Crippen LogP contribution is -2.33. The van der Waals surface area contributed by atoms with Crippen molar-refractivity contribution in [2.24, 2.45) is 5.92 Å². The zero-order valence-corrected chi connectivity index (χ0v) is 12.3. The van der Waals surface area contributed by atoms with Crippen molar-refractivity contribution >= 4 is 27.7 Å². The van der Waals surface area contributed by atoms with Crippen molar-refractivity contribution in [1.29, 1.82) is 0 Å². The number of anilines is 1. The van der Waals surface area contributed by atoms with E-state index in [0.717, 1.165) is 17.6 Å². The monoisotopic (exact) mass is 311 g/mol. The molecule has 98 valence electrons. The van der Waals surface area contributed by atoms with Crippen molar-refractivity contribution in [1.82, 2.24) is 9.88 Å². The lowest BCUT2D eigenvalue weighted by molar-refractivity contribution is 0.0757. The smallest absolute Gasteiger partial charge is 0.257 e. The van der Waals surface area contributed by atoms with Crippen LogP contribution in [0.4, 0.5) is 5.82 Å². The number of hydrogen-bond acceptors (Lipinski definition) is 3. The first-order valence-corrected chi connectivity index (χ1v) is 7.07. The Kier molecular flexibility index (Phi) is 4.22. The quantitative estimate of drug-likeness (QED) is 0.909. The van der Waals surface area contributed by atoms with E-state index in [1.807, 2.05) is 17.9 Å². The maximum Gasteiger partial charge on any atom is 0.257 e. The van der Waals surface area contributed by atoms with Crippen molar-refractivity contribution in [3.8, 4) is 0 Å². The molecule has 1 heterocycles. The number of aromatic nitrogens is 1. The number of pyridine rings is 1. The van der Waals surface area contributed by atoms with E-state index in [-0.39, 0.29) is 5.91 Å². The Bertz CT molecular complexity index is 446. The average molecular weight is 312 g/mol. The zero-order chi connectivity index (χ0) is 13.1. The van der Waals surface area contributed by atoms with Crippen molar-refractivity contribution in [3.05, 3.63) is 22.3 Å². The molecule has 1 amide bonds. The minimum atomic E-state index is 0.0579. The average Bonchev–Trinajstić information content (AvgIpc) is 3.19. The summed E-state index contributed by atoms with van der Waals surface area (Å²) in [5.74, 6) is 1.40. The summed E-state index contributed by atoms with van der Waals surface area (Å²) in [6.07, 6.45) is 4.19. The number of amides is 1. The highest BCUT2D eigenvalue weighted by atomic mass is 79.9. The first kappa shape index (κ1) is 13.3. The molecule has 1 aromatic rings. The van der Waals surface area contributed by atoms with Crippen LogP contribution in [0.2, 0.25) is 0 Å². The van der Waals surface area contributed by atoms with E-state index in [4.69, 9.17) is 0 Å². The van der Waals surface area contributed by atoms with Crippen LogP contribution in [0.15, 0.2) is 16.7 Å². The van der Waals surface area contributed by atoms with Crippen molar-refractivity contribution < 1.29 is 4.79 Å². The summed E-state index contributed by atoms with van der Waals surface area (Å²) < 4.78 is 0.826. The topological polar surface area (TPSA) is 45.2 Å². The predicted molar refractivity (Wildman–Crippen MR) is 75.8 cm³/mol. The van der Waals surface area contributed by atoms with Gasteiger partial charge in [0.25, 0.3) is 5.91 Å². The van der Waals surface area contributed by atoms with Crippen LogP contribution < -0.4 is 5.32 Å². The Hall–Kier alpha value is -1.10. The Morgan fingerprint density at radius 3 is 2.89 bits per heavy atom. The number of halogens is 1. The predicted octanol–water partition coefficient (Wildman–Crippen LogP) is 2.76. The van der Waals surface area contributed by atoms with Gasteiger partial charge in [-0.25, -0.2) is 4.98 Å². The molecule has 2 rings (SSSR count). The Labute approximate surface area is 116 Å². The van der Waals surface area contributed by atoms with E-state index >= 15 is 0 Å². The summed E-state index contributed by atoms with van der Waals surface area (Å²) >= 11 is 3.37. The van der Waals surface area contributed by atoms with Crippen LogP contribution in [-0.4, -0.2) is 35.9 Å². The fourth-order valence-electron chi connectivity index (χ4n) is 1.94. The van der Waals surface area contributed by atoms with Gasteiger partial charge in [0.05, 0.1) is 5.56 Å². The lowest BCUT2D eigenvalue weighted by Gasteiger charge is -2.21. The molecule has 0 aliphatic heterocycles. The molecule has 0 bridgehead atoms. The van der Waals surface area contributed by atoms with E-state index in [1.165, 1.54) is 12.8 Å². The standard InChI is InChI=1S/C13H18BrN3O/c1-3-17(8-9-4-5-9)13(18)11-6-10(14)7-16-12(11)15-2/h6-7,9H,3-5,8H2,1-2H3,(H,15,16). The van der Waals surface area contributed by atoms with Crippen molar-refractivity contribution in [3.63, 3.8) is 0 Å². The fourth-order valence-corrected chi connectivity index (χ4v) is 2.27. The molecule has 1 saturated carbocycles. The third-order valence-electron chi connectivity index (χ3n) is 3.17. The summed E-state index contributed by atoms with van der Waals surface area (Å²) in [6, 6.07) is 1.83. The molecule has 0 atom stereocenters. The molecular weight excluding hydrogens is 294 g/mol. The van der Waals surface area contributed by atoms with Gasteiger partial charge in [0, 0.05) is 30.8 Å². The third kappa shape index (κ3) is 3.02. The van der Waals surface area contributed by atoms with E-state index < -0.39 is 0 Å². The number of carbonyl (C=O) groups excluding carboxylic acids is 1. The summed E-state index contributed by atoms with van der Waals surface area (Å²) in [6.45, 7) is 3.63. The normalized spacial score (nSPS) is 14.4. The summed E-state index contributed by atoms with van der Waals surface area (Å²) in [5.41, 5.74) is 0.634. The largest absolute Gasteiger partial charge is 0.372 e. The maximum atomic E-state index is 12.5. The van der Waals surface area contributed by atoms with Crippen LogP contribution in [0.3, 0.4) is 0 Å². The molecular formula is C13H18BrN3O. The zero-order valence-electron chi connectivity index (χ0n) is 10.7. The molecule has 18 heavy (non-hydrogen) atoms. The second-order valence-corrected chi connectivity index (χ2v) is 5.50. The molecule has 1 fully saturated rings. The number of carbonyl (C=O) groups is 1. The lowest BCUT2D eigenvalue weighted by atomic mass is 10.2. The Morgan fingerprint density at radius 2 is 2.33 bits per heavy atom. The number of rotatable bonds is 5. The number of hydrogen-bond donors (Lipinski definition) is 1. The molecule has 4 nitrogen and oxygen atoms in total. The van der Waals surface area contributed by atoms with Crippen LogP contribution >= 0.6 is 15.9 Å². The highest BCUT2D eigenvalue weighted by Gasteiger charge is 2.27. The van der Waals surface area contributed by atoms with Gasteiger partial charge in [-0.2, -0.15) is 0 Å². The minimum Gasteiger partial charge on any atom is -0.372 e. The molecule has 0 aromatic carbocycles. The highest BCUT2D eigenvalue weighted by Crippen LogP contribution is 2.30. The molecule has 1 aromatic heterocycles. The highest BCUT2D eigenvalue weighted by molar-refractivity contribution is 9.10. The van der Waals surface area contributed by atoms with Crippen LogP contribution in [0.5, 0.6) is 0 Å². The van der Waals surface area contributed by atoms with E-state index in [0.29, 0.717) is 17.3 Å². The van der Waals surface area contributed by atoms with Crippen LogP contribution in [0.25, 0.3) is 0 Å². The second-order valence-electron chi connectivity index (χ2n) is 4.59. The maximum absolute atomic E-state index is 12.5. The van der Waals surface area contributed by atoms with Gasteiger partial charge in [0.2, 0.25) is 0 Å². The Morgan fingerprint density at radius 1 is 1.61 bits per heavy atom. The van der Waals surface area contributed by atoms with Crippen molar-refractivity contribution in [2.75, 3.05) is 25.5 Å². The SMILES string of the molecule is CCN(CC1CC1)C(=O)c1cc(Br)cnc1NC. The van der Waals surface area contributed by atoms with Gasteiger partial charge >= 0.3 is 0 Å². The Balaban J connectivity index is 2.21. The number of nitrogens with one attached hydrogen (secondary N) is 1. The minimum absolute atomic E-state index is 0.0579. The van der Waals surface area contributed by atoms with Gasteiger partial charge in [-0.05, 0) is 47.7 Å². The molecule has 0 saturated heterocycles. The van der Waals surface area contributed by atoms with E-state index in [2.05, 4.69) is 26.2 Å². The molecule has 1 aliphatic carbocycles. The van der Waals surface area contributed by atoms with Gasteiger partial charge in [-0.1, -0.05) is 0 Å². The molecule has 1 N–H and O–H groups in total. The van der Waals surface area contributed by atoms with Crippen LogP contribution in [0.1, 0.15) is 30.1 Å². The van der Waals surface area contributed by atoms with Crippen LogP contribution in [-0.2, 0) is 0 Å². The fraction of sp³-hybridized carbons (Fsp3) is 0.538. The number of nitrogens with zero attached hydrogens (tertiary/aromatic N) is 2. The van der Waals surface area contributed by atoms with Gasteiger partial charge in [-0.15, -0.1) is 0 Å². The first-order valence-electron chi connectivity index (χ1n) is 6.28. The van der Waals surface area contributed by atoms with Gasteiger partial charge < -0.3 is 10.2 Å². The van der Waals surface area contributed by atoms with E-state index in [9.17, 15) is 4.79 Å². The van der Waals surface area contributed by atoms with Gasteiger partial charge in [-0.3, -0.25) is 4.79 Å². The first-order chi connectivity index (χ1) is 8.65. The summed E-state index contributed by atoms with van der Waals surface area (Å²) in [4.78, 5) is 18.6. The molecule has 0 radical (unpaired) electrons. The molecule has 0 unspecified atom stereocenters.